The Kier molecular flexibility index (Phi) is 6.17. The molecule has 1 amide bonds. The molecule has 0 radical (unpaired) electrons. The molecule has 0 aromatic heterocycles. The van der Waals surface area contributed by atoms with Crippen molar-refractivity contribution < 1.29 is 27.4 Å². The van der Waals surface area contributed by atoms with Crippen LogP contribution in [0.2, 0.25) is 0 Å². The number of carbonyl (C=O) groups excluding carboxylic acids is 1. The van der Waals surface area contributed by atoms with Crippen molar-refractivity contribution >= 4 is 21.6 Å². The minimum absolute atomic E-state index is 0.00926. The quantitative estimate of drug-likeness (QED) is 0.738. The molecule has 3 rings (SSSR count). The van der Waals surface area contributed by atoms with Crippen molar-refractivity contribution in [3.63, 3.8) is 0 Å². The molecule has 1 N–H and O–H groups in total. The number of hydrogen-bond acceptors (Lipinski definition) is 6. The van der Waals surface area contributed by atoms with Crippen LogP contribution in [0.1, 0.15) is 13.8 Å². The Bertz CT molecular complexity index is 990. The van der Waals surface area contributed by atoms with E-state index in [2.05, 4.69) is 5.32 Å². The molecule has 0 aliphatic carbocycles. The number of nitrogens with zero attached hydrogens (tertiary/aromatic N) is 1. The van der Waals surface area contributed by atoms with Gasteiger partial charge in [0.15, 0.2) is 11.5 Å². The lowest BCUT2D eigenvalue weighted by Crippen LogP contribution is -2.43. The molecule has 1 aliphatic heterocycles. The van der Waals surface area contributed by atoms with Crippen LogP contribution in [0.3, 0.4) is 0 Å². The first-order valence-corrected chi connectivity index (χ1v) is 10.6. The molecule has 0 spiro atoms. The van der Waals surface area contributed by atoms with Gasteiger partial charge in [0.2, 0.25) is 5.91 Å². The lowest BCUT2D eigenvalue weighted by molar-refractivity contribution is -0.120. The predicted octanol–water partition coefficient (Wildman–Crippen LogP) is 2.19. The molecule has 0 saturated carbocycles. The van der Waals surface area contributed by atoms with Crippen molar-refractivity contribution in [3.8, 4) is 17.2 Å². The number of methoxy groups -OCH3 is 1. The summed E-state index contributed by atoms with van der Waals surface area (Å²) in [6.07, 6.45) is 0. The molecule has 1 aliphatic rings. The number of carbonyl (C=O) groups is 1. The Morgan fingerprint density at radius 2 is 1.83 bits per heavy atom. The molecule has 0 fully saturated rings. The number of fused-ring (bicyclic) bond motifs is 1. The monoisotopic (exact) mass is 420 g/mol. The van der Waals surface area contributed by atoms with Crippen LogP contribution in [0, 0.1) is 0 Å². The average molecular weight is 420 g/mol. The van der Waals surface area contributed by atoms with Gasteiger partial charge in [-0.2, -0.15) is 0 Å². The molecular formula is C20H24N2O6S. The molecule has 0 saturated heterocycles. The van der Waals surface area contributed by atoms with E-state index in [-0.39, 0.29) is 16.6 Å². The van der Waals surface area contributed by atoms with Gasteiger partial charge in [-0.05, 0) is 38.1 Å². The summed E-state index contributed by atoms with van der Waals surface area (Å²) in [5.41, 5.74) is 0.267. The van der Waals surface area contributed by atoms with E-state index in [0.717, 1.165) is 4.31 Å². The maximum absolute atomic E-state index is 13.5. The third-order valence-corrected chi connectivity index (χ3v) is 5.95. The smallest absolute Gasteiger partial charge is 0.265 e. The van der Waals surface area contributed by atoms with E-state index in [0.29, 0.717) is 30.5 Å². The standard InChI is InChI=1S/C20H24N2O6S/c1-14(2)21-20(23)13-22(16-6-4-5-7-17(16)26-3)29(24,25)15-8-9-18-19(12-15)28-11-10-27-18/h4-9,12,14H,10-11,13H2,1-3H3,(H,21,23). The first-order valence-electron chi connectivity index (χ1n) is 9.17. The number of rotatable bonds is 7. The van der Waals surface area contributed by atoms with Crippen molar-refractivity contribution in [1.82, 2.24) is 5.32 Å². The zero-order chi connectivity index (χ0) is 21.0. The van der Waals surface area contributed by atoms with E-state index in [1.54, 1.807) is 44.2 Å². The molecule has 2 aromatic carbocycles. The maximum atomic E-state index is 13.5. The van der Waals surface area contributed by atoms with Gasteiger partial charge in [-0.3, -0.25) is 9.10 Å². The van der Waals surface area contributed by atoms with Gasteiger partial charge >= 0.3 is 0 Å². The summed E-state index contributed by atoms with van der Waals surface area (Å²) in [7, 11) is -2.65. The molecule has 8 nitrogen and oxygen atoms in total. The summed E-state index contributed by atoms with van der Waals surface area (Å²) in [5.74, 6) is 0.749. The zero-order valence-corrected chi connectivity index (χ0v) is 17.4. The SMILES string of the molecule is COc1ccccc1N(CC(=O)NC(C)C)S(=O)(=O)c1ccc2c(c1)OCCO2. The number of sulfonamides is 1. The van der Waals surface area contributed by atoms with Crippen molar-refractivity contribution in [2.24, 2.45) is 0 Å². The van der Waals surface area contributed by atoms with E-state index in [4.69, 9.17) is 14.2 Å². The first kappa shape index (κ1) is 20.8. The summed E-state index contributed by atoms with van der Waals surface area (Å²) in [4.78, 5) is 12.4. The molecule has 9 heteroatoms. The fourth-order valence-electron chi connectivity index (χ4n) is 2.94. The Hall–Kier alpha value is -2.94. The average Bonchev–Trinajstić information content (AvgIpc) is 2.71. The fraction of sp³-hybridized carbons (Fsp3) is 0.350. The Morgan fingerprint density at radius 3 is 2.52 bits per heavy atom. The van der Waals surface area contributed by atoms with Gasteiger partial charge in [-0.25, -0.2) is 8.42 Å². The zero-order valence-electron chi connectivity index (χ0n) is 16.5. The van der Waals surface area contributed by atoms with Crippen molar-refractivity contribution in [3.05, 3.63) is 42.5 Å². The van der Waals surface area contributed by atoms with Crippen LogP contribution in [-0.4, -0.2) is 47.2 Å². The van der Waals surface area contributed by atoms with E-state index in [1.165, 1.54) is 19.2 Å². The van der Waals surface area contributed by atoms with Gasteiger partial charge < -0.3 is 19.5 Å². The van der Waals surface area contributed by atoms with Crippen LogP contribution >= 0.6 is 0 Å². The van der Waals surface area contributed by atoms with Crippen LogP contribution in [0.15, 0.2) is 47.4 Å². The van der Waals surface area contributed by atoms with E-state index in [1.807, 2.05) is 0 Å². The number of anilines is 1. The number of benzene rings is 2. The summed E-state index contributed by atoms with van der Waals surface area (Å²) in [6.45, 7) is 3.96. The van der Waals surface area contributed by atoms with E-state index in [9.17, 15) is 13.2 Å². The molecule has 0 bridgehead atoms. The van der Waals surface area contributed by atoms with Crippen molar-refractivity contribution in [2.45, 2.75) is 24.8 Å². The van der Waals surface area contributed by atoms with Gasteiger partial charge in [0.05, 0.1) is 17.7 Å². The lowest BCUT2D eigenvalue weighted by atomic mass is 10.3. The molecule has 1 heterocycles. The molecular weight excluding hydrogens is 396 g/mol. The van der Waals surface area contributed by atoms with E-state index >= 15 is 0 Å². The third kappa shape index (κ3) is 4.56. The minimum atomic E-state index is -4.09. The summed E-state index contributed by atoms with van der Waals surface area (Å²) in [6, 6.07) is 10.9. The number of amides is 1. The van der Waals surface area contributed by atoms with Crippen LogP contribution in [0.25, 0.3) is 0 Å². The summed E-state index contributed by atoms with van der Waals surface area (Å²) in [5, 5.41) is 2.72. The largest absolute Gasteiger partial charge is 0.495 e. The Labute approximate surface area is 170 Å². The minimum Gasteiger partial charge on any atom is -0.495 e. The molecule has 0 unspecified atom stereocenters. The Balaban J connectivity index is 2.05. The maximum Gasteiger partial charge on any atom is 0.265 e. The lowest BCUT2D eigenvalue weighted by Gasteiger charge is -2.26. The van der Waals surface area contributed by atoms with Gasteiger partial charge in [0.25, 0.3) is 10.0 Å². The molecule has 29 heavy (non-hydrogen) atoms. The van der Waals surface area contributed by atoms with Crippen LogP contribution in [0.5, 0.6) is 17.2 Å². The van der Waals surface area contributed by atoms with Crippen molar-refractivity contribution in [2.75, 3.05) is 31.2 Å². The highest BCUT2D eigenvalue weighted by Gasteiger charge is 2.30. The number of hydrogen-bond donors (Lipinski definition) is 1. The number of nitrogens with one attached hydrogen (secondary N) is 1. The predicted molar refractivity (Wildman–Crippen MR) is 108 cm³/mol. The second-order valence-electron chi connectivity index (χ2n) is 6.71. The molecule has 0 atom stereocenters. The van der Waals surface area contributed by atoms with Crippen LogP contribution in [-0.2, 0) is 14.8 Å². The highest BCUT2D eigenvalue weighted by Crippen LogP contribution is 2.36. The van der Waals surface area contributed by atoms with Gasteiger partial charge in [-0.1, -0.05) is 12.1 Å². The second kappa shape index (κ2) is 8.60. The first-order chi connectivity index (χ1) is 13.8. The summed E-state index contributed by atoms with van der Waals surface area (Å²) < 4.78 is 44.3. The molecule has 2 aromatic rings. The van der Waals surface area contributed by atoms with Gasteiger partial charge in [0, 0.05) is 12.1 Å². The Morgan fingerprint density at radius 1 is 1.14 bits per heavy atom. The normalized spacial score (nSPS) is 13.1. The van der Waals surface area contributed by atoms with E-state index < -0.39 is 22.5 Å². The number of ether oxygens (including phenoxy) is 3. The number of para-hydroxylation sites is 2. The van der Waals surface area contributed by atoms with Crippen molar-refractivity contribution in [1.29, 1.82) is 0 Å². The fourth-order valence-corrected chi connectivity index (χ4v) is 4.39. The topological polar surface area (TPSA) is 94.2 Å². The highest BCUT2D eigenvalue weighted by atomic mass is 32.2. The highest BCUT2D eigenvalue weighted by molar-refractivity contribution is 7.92. The summed E-state index contributed by atoms with van der Waals surface area (Å²) >= 11 is 0. The van der Waals surface area contributed by atoms with Crippen LogP contribution < -0.4 is 23.8 Å². The third-order valence-electron chi connectivity index (χ3n) is 4.19. The van der Waals surface area contributed by atoms with Gasteiger partial charge in [-0.15, -0.1) is 0 Å². The van der Waals surface area contributed by atoms with Gasteiger partial charge in [0.1, 0.15) is 25.5 Å². The second-order valence-corrected chi connectivity index (χ2v) is 8.57. The van der Waals surface area contributed by atoms with Crippen LogP contribution in [0.4, 0.5) is 5.69 Å². The molecule has 156 valence electrons.